The van der Waals surface area contributed by atoms with Gasteiger partial charge in [-0.1, -0.05) is 42.5 Å². The van der Waals surface area contributed by atoms with Crippen molar-refractivity contribution in [3.05, 3.63) is 89.6 Å². The normalized spacial score (nSPS) is 10.0. The number of anilines is 2. The van der Waals surface area contributed by atoms with Crippen LogP contribution in [0.3, 0.4) is 0 Å². The first-order valence-corrected chi connectivity index (χ1v) is 9.95. The molecule has 0 amide bonds. The Morgan fingerprint density at radius 3 is 2.43 bits per heavy atom. The van der Waals surface area contributed by atoms with Crippen molar-refractivity contribution < 1.29 is 4.74 Å². The van der Waals surface area contributed by atoms with E-state index in [9.17, 15) is 0 Å². The first kappa shape index (κ1) is 23.8. The SMILES string of the molecule is Cl.Cl.c1ccc(COCCc2ccc(Nc3cccc(-c4nccs4)n3)nc2)cc1. The molecule has 1 N–H and O–H groups in total. The Hall–Kier alpha value is -2.51. The molecule has 5 nitrogen and oxygen atoms in total. The summed E-state index contributed by atoms with van der Waals surface area (Å²) in [6, 6.07) is 20.1. The third-order valence-corrected chi connectivity index (χ3v) is 4.92. The summed E-state index contributed by atoms with van der Waals surface area (Å²) in [5.41, 5.74) is 3.18. The number of rotatable bonds is 8. The maximum Gasteiger partial charge on any atom is 0.141 e. The molecular formula is C22H22Cl2N4OS. The molecule has 0 aliphatic heterocycles. The average Bonchev–Trinajstić information content (AvgIpc) is 3.28. The molecule has 0 saturated carbocycles. The van der Waals surface area contributed by atoms with Crippen LogP contribution < -0.4 is 5.32 Å². The minimum Gasteiger partial charge on any atom is -0.376 e. The van der Waals surface area contributed by atoms with E-state index >= 15 is 0 Å². The van der Waals surface area contributed by atoms with E-state index < -0.39 is 0 Å². The van der Waals surface area contributed by atoms with Crippen molar-refractivity contribution >= 4 is 47.8 Å². The van der Waals surface area contributed by atoms with Gasteiger partial charge in [0.1, 0.15) is 22.3 Å². The second-order valence-electron chi connectivity index (χ2n) is 6.21. The molecule has 156 valence electrons. The summed E-state index contributed by atoms with van der Waals surface area (Å²) >= 11 is 1.57. The third kappa shape index (κ3) is 6.78. The molecular weight excluding hydrogens is 439 g/mol. The Labute approximate surface area is 192 Å². The smallest absolute Gasteiger partial charge is 0.141 e. The molecule has 0 saturated heterocycles. The Balaban J connectivity index is 0.00000160. The highest BCUT2D eigenvalue weighted by molar-refractivity contribution is 7.13. The number of pyridine rings is 2. The highest BCUT2D eigenvalue weighted by Gasteiger charge is 2.04. The van der Waals surface area contributed by atoms with Gasteiger partial charge in [0.2, 0.25) is 0 Å². The van der Waals surface area contributed by atoms with Crippen molar-refractivity contribution in [2.75, 3.05) is 11.9 Å². The lowest BCUT2D eigenvalue weighted by Gasteiger charge is -2.08. The van der Waals surface area contributed by atoms with Gasteiger partial charge in [0.05, 0.1) is 13.2 Å². The Kier molecular flexibility index (Phi) is 9.70. The van der Waals surface area contributed by atoms with E-state index in [4.69, 9.17) is 4.74 Å². The fraction of sp³-hybridized carbons (Fsp3) is 0.136. The number of aromatic nitrogens is 3. The van der Waals surface area contributed by atoms with Gasteiger partial charge in [-0.3, -0.25) is 0 Å². The molecule has 0 bridgehead atoms. The summed E-state index contributed by atoms with van der Waals surface area (Å²) in [5, 5.41) is 6.10. The molecule has 4 rings (SSSR count). The maximum atomic E-state index is 5.74. The van der Waals surface area contributed by atoms with Crippen molar-refractivity contribution in [1.29, 1.82) is 0 Å². The molecule has 0 spiro atoms. The van der Waals surface area contributed by atoms with Crippen LogP contribution in [0.4, 0.5) is 11.6 Å². The summed E-state index contributed by atoms with van der Waals surface area (Å²) < 4.78 is 5.74. The summed E-state index contributed by atoms with van der Waals surface area (Å²) in [7, 11) is 0. The van der Waals surface area contributed by atoms with Crippen LogP contribution in [-0.4, -0.2) is 21.6 Å². The quantitative estimate of drug-likeness (QED) is 0.329. The van der Waals surface area contributed by atoms with Crippen LogP contribution in [0.15, 0.2) is 78.4 Å². The summed E-state index contributed by atoms with van der Waals surface area (Å²) in [6.45, 7) is 1.30. The fourth-order valence-electron chi connectivity index (χ4n) is 2.71. The molecule has 0 aliphatic rings. The number of ether oxygens (including phenoxy) is 1. The molecule has 4 aromatic rings. The van der Waals surface area contributed by atoms with Crippen molar-refractivity contribution in [2.24, 2.45) is 0 Å². The Morgan fingerprint density at radius 1 is 0.833 bits per heavy atom. The molecule has 8 heteroatoms. The second-order valence-corrected chi connectivity index (χ2v) is 7.10. The number of nitrogens with one attached hydrogen (secondary N) is 1. The zero-order chi connectivity index (χ0) is 19.0. The minimum atomic E-state index is 0. The van der Waals surface area contributed by atoms with E-state index in [2.05, 4.69) is 38.5 Å². The lowest BCUT2D eigenvalue weighted by molar-refractivity contribution is 0.124. The van der Waals surface area contributed by atoms with Crippen molar-refractivity contribution in [3.8, 4) is 10.7 Å². The molecule has 3 aromatic heterocycles. The van der Waals surface area contributed by atoms with Crippen molar-refractivity contribution in [1.82, 2.24) is 15.0 Å². The van der Waals surface area contributed by atoms with Crippen LogP contribution >= 0.6 is 36.2 Å². The van der Waals surface area contributed by atoms with Gasteiger partial charge >= 0.3 is 0 Å². The maximum absolute atomic E-state index is 5.74. The average molecular weight is 461 g/mol. The van der Waals surface area contributed by atoms with Crippen LogP contribution in [0.25, 0.3) is 10.7 Å². The van der Waals surface area contributed by atoms with Crippen LogP contribution in [0.5, 0.6) is 0 Å². The predicted molar refractivity (Wildman–Crippen MR) is 127 cm³/mol. The standard InChI is InChI=1S/C22H20N4OS.2ClH/c1-2-5-18(6-3-1)16-27-13-11-17-9-10-20(24-15-17)26-21-8-4-7-19(25-21)22-23-12-14-28-22;;/h1-10,12,14-15H,11,13,16H2,(H,24,25,26);2*1H. The van der Waals surface area contributed by atoms with Crippen LogP contribution in [-0.2, 0) is 17.8 Å². The fourth-order valence-corrected chi connectivity index (χ4v) is 3.31. The third-order valence-electron chi connectivity index (χ3n) is 4.13. The predicted octanol–water partition coefficient (Wildman–Crippen LogP) is 5.95. The van der Waals surface area contributed by atoms with E-state index in [0.29, 0.717) is 13.2 Å². The van der Waals surface area contributed by atoms with Crippen LogP contribution in [0, 0.1) is 0 Å². The van der Waals surface area contributed by atoms with E-state index in [1.165, 1.54) is 5.56 Å². The van der Waals surface area contributed by atoms with Crippen LogP contribution in [0.1, 0.15) is 11.1 Å². The number of nitrogens with zero attached hydrogens (tertiary/aromatic N) is 3. The van der Waals surface area contributed by atoms with E-state index in [1.807, 2.05) is 54.0 Å². The molecule has 1 aromatic carbocycles. The van der Waals surface area contributed by atoms with E-state index in [1.54, 1.807) is 17.5 Å². The largest absolute Gasteiger partial charge is 0.376 e. The molecule has 0 atom stereocenters. The van der Waals surface area contributed by atoms with Crippen molar-refractivity contribution in [3.63, 3.8) is 0 Å². The molecule has 0 aliphatic carbocycles. The van der Waals surface area contributed by atoms with Crippen molar-refractivity contribution in [2.45, 2.75) is 13.0 Å². The number of hydrogen-bond donors (Lipinski definition) is 1. The zero-order valence-corrected chi connectivity index (χ0v) is 18.6. The molecule has 0 radical (unpaired) electrons. The van der Waals surface area contributed by atoms with Gasteiger partial charge in [0, 0.05) is 17.8 Å². The Morgan fingerprint density at radius 2 is 1.70 bits per heavy atom. The lowest BCUT2D eigenvalue weighted by Crippen LogP contribution is -2.01. The summed E-state index contributed by atoms with van der Waals surface area (Å²) in [4.78, 5) is 13.4. The number of halogens is 2. The molecule has 0 fully saturated rings. The number of thiazole rings is 1. The molecule has 3 heterocycles. The highest BCUT2D eigenvalue weighted by Crippen LogP contribution is 2.22. The number of benzene rings is 1. The molecule has 0 unspecified atom stereocenters. The highest BCUT2D eigenvalue weighted by atomic mass is 35.5. The first-order chi connectivity index (χ1) is 13.9. The van der Waals surface area contributed by atoms with Crippen LogP contribution in [0.2, 0.25) is 0 Å². The van der Waals surface area contributed by atoms with Gasteiger partial charge in [0.25, 0.3) is 0 Å². The second kappa shape index (κ2) is 12.2. The van der Waals surface area contributed by atoms with E-state index in [0.717, 1.165) is 34.3 Å². The lowest BCUT2D eigenvalue weighted by atomic mass is 10.2. The van der Waals surface area contributed by atoms with Gasteiger partial charge in [-0.05, 0) is 35.7 Å². The first-order valence-electron chi connectivity index (χ1n) is 9.07. The minimum absolute atomic E-state index is 0. The van der Waals surface area contributed by atoms with E-state index in [-0.39, 0.29) is 24.8 Å². The number of hydrogen-bond acceptors (Lipinski definition) is 6. The molecule has 30 heavy (non-hydrogen) atoms. The Bertz CT molecular complexity index is 999. The zero-order valence-electron chi connectivity index (χ0n) is 16.1. The summed E-state index contributed by atoms with van der Waals surface area (Å²) in [5.74, 6) is 1.51. The van der Waals surface area contributed by atoms with Gasteiger partial charge in [-0.2, -0.15) is 0 Å². The van der Waals surface area contributed by atoms with Gasteiger partial charge in [-0.25, -0.2) is 15.0 Å². The van der Waals surface area contributed by atoms with Gasteiger partial charge < -0.3 is 10.1 Å². The van der Waals surface area contributed by atoms with Gasteiger partial charge in [0.15, 0.2) is 0 Å². The summed E-state index contributed by atoms with van der Waals surface area (Å²) in [6.07, 6.45) is 4.49. The topological polar surface area (TPSA) is 59.9 Å². The monoisotopic (exact) mass is 460 g/mol. The van der Waals surface area contributed by atoms with Gasteiger partial charge in [-0.15, -0.1) is 36.2 Å².